The van der Waals surface area contributed by atoms with E-state index in [1.54, 1.807) is 10.8 Å². The minimum absolute atomic E-state index is 0.0200. The normalized spacial score (nSPS) is 16.5. The molecule has 0 atom stereocenters. The van der Waals surface area contributed by atoms with Crippen LogP contribution in [0.15, 0.2) is 36.7 Å². The van der Waals surface area contributed by atoms with E-state index in [0.29, 0.717) is 26.3 Å². The highest BCUT2D eigenvalue weighted by atomic mass is 16.6. The second kappa shape index (κ2) is 8.41. The molecule has 5 rings (SSSR count). The van der Waals surface area contributed by atoms with E-state index >= 15 is 0 Å². The Hall–Kier alpha value is -3.36. The van der Waals surface area contributed by atoms with Crippen molar-refractivity contribution in [3.63, 3.8) is 0 Å². The van der Waals surface area contributed by atoms with E-state index in [0.717, 1.165) is 54.5 Å². The molecular formula is C22H26N6O3. The van der Waals surface area contributed by atoms with E-state index < -0.39 is 0 Å². The average Bonchev–Trinajstić information content (AvgIpc) is 3.30. The van der Waals surface area contributed by atoms with E-state index in [9.17, 15) is 4.79 Å². The number of anilines is 1. The van der Waals surface area contributed by atoms with Gasteiger partial charge < -0.3 is 19.3 Å². The topological polar surface area (TPSA) is 85.1 Å². The van der Waals surface area contributed by atoms with E-state index in [-0.39, 0.29) is 11.8 Å². The molecule has 1 saturated heterocycles. The quantitative estimate of drug-likeness (QED) is 0.623. The molecule has 2 aliphatic heterocycles. The van der Waals surface area contributed by atoms with Crippen LogP contribution in [0.5, 0.6) is 11.5 Å². The molecule has 1 aromatic carbocycles. The van der Waals surface area contributed by atoms with Crippen LogP contribution >= 0.6 is 0 Å². The van der Waals surface area contributed by atoms with Gasteiger partial charge in [0.2, 0.25) is 5.91 Å². The monoisotopic (exact) mass is 422 g/mol. The van der Waals surface area contributed by atoms with Crippen LogP contribution in [0.3, 0.4) is 0 Å². The maximum atomic E-state index is 13.3. The fourth-order valence-electron chi connectivity index (χ4n) is 4.31. The number of amides is 1. The number of fused-ring (bicyclic) bond motifs is 2. The lowest BCUT2D eigenvalue weighted by Crippen LogP contribution is -2.42. The predicted octanol–water partition coefficient (Wildman–Crippen LogP) is 2.16. The number of benzene rings is 1. The zero-order chi connectivity index (χ0) is 21.2. The lowest BCUT2D eigenvalue weighted by atomic mass is 9.95. The molecule has 2 aromatic heterocycles. The highest BCUT2D eigenvalue weighted by Gasteiger charge is 2.29. The summed E-state index contributed by atoms with van der Waals surface area (Å²) in [5, 5.41) is 12.4. The van der Waals surface area contributed by atoms with Gasteiger partial charge >= 0.3 is 0 Å². The molecule has 9 nitrogen and oxygen atoms in total. The van der Waals surface area contributed by atoms with Gasteiger partial charge in [0, 0.05) is 37.7 Å². The van der Waals surface area contributed by atoms with Crippen LogP contribution in [0, 0.1) is 5.92 Å². The van der Waals surface area contributed by atoms with Crippen LogP contribution in [-0.2, 0) is 11.3 Å². The number of para-hydroxylation sites is 1. The van der Waals surface area contributed by atoms with Gasteiger partial charge in [0.25, 0.3) is 0 Å². The maximum Gasteiger partial charge on any atom is 0.226 e. The fraction of sp³-hybridized carbons (Fsp3) is 0.455. The molecule has 162 valence electrons. The number of rotatable bonds is 5. The number of hydrogen-bond donors (Lipinski definition) is 0. The van der Waals surface area contributed by atoms with Crippen molar-refractivity contribution in [1.82, 2.24) is 24.7 Å². The molecule has 9 heteroatoms. The smallest absolute Gasteiger partial charge is 0.226 e. The standard InChI is InChI=1S/C22H26N6O3/c1-2-26(14-17-4-3-5-18-21(17)31-13-12-30-18)22(29)16-8-10-27(11-9-16)20-7-6-19-24-23-15-28(19)25-20/h3-7,15-16H,2,8-14H2,1H3. The summed E-state index contributed by atoms with van der Waals surface area (Å²) in [6.45, 7) is 5.92. The summed E-state index contributed by atoms with van der Waals surface area (Å²) >= 11 is 0. The molecule has 1 fully saturated rings. The number of ether oxygens (including phenoxy) is 2. The first-order valence-corrected chi connectivity index (χ1v) is 10.8. The Labute approximate surface area is 180 Å². The Balaban J connectivity index is 1.24. The number of carbonyl (C=O) groups excluding carboxylic acids is 1. The molecule has 0 N–H and O–H groups in total. The summed E-state index contributed by atoms with van der Waals surface area (Å²) < 4.78 is 13.2. The molecule has 2 aliphatic rings. The molecule has 0 saturated carbocycles. The molecule has 0 aliphatic carbocycles. The highest BCUT2D eigenvalue weighted by Crippen LogP contribution is 2.34. The Bertz CT molecular complexity index is 1080. The third kappa shape index (κ3) is 3.87. The van der Waals surface area contributed by atoms with Gasteiger partial charge in [-0.2, -0.15) is 4.52 Å². The minimum atomic E-state index is 0.0200. The zero-order valence-corrected chi connectivity index (χ0v) is 17.6. The summed E-state index contributed by atoms with van der Waals surface area (Å²) in [7, 11) is 0. The Kier molecular flexibility index (Phi) is 5.31. The number of piperidine rings is 1. The molecule has 4 heterocycles. The van der Waals surface area contributed by atoms with Gasteiger partial charge in [-0.3, -0.25) is 4.79 Å². The van der Waals surface area contributed by atoms with Crippen molar-refractivity contribution in [2.24, 2.45) is 5.92 Å². The summed E-state index contributed by atoms with van der Waals surface area (Å²) in [5.74, 6) is 2.65. The van der Waals surface area contributed by atoms with E-state index in [1.165, 1.54) is 0 Å². The Morgan fingerprint density at radius 3 is 2.84 bits per heavy atom. The van der Waals surface area contributed by atoms with Crippen LogP contribution in [0.1, 0.15) is 25.3 Å². The van der Waals surface area contributed by atoms with Gasteiger partial charge in [-0.15, -0.1) is 15.3 Å². The van der Waals surface area contributed by atoms with Gasteiger partial charge in [-0.25, -0.2) is 0 Å². The van der Waals surface area contributed by atoms with E-state index in [4.69, 9.17) is 9.47 Å². The summed E-state index contributed by atoms with van der Waals surface area (Å²) in [6, 6.07) is 9.76. The average molecular weight is 422 g/mol. The van der Waals surface area contributed by atoms with Crippen molar-refractivity contribution in [1.29, 1.82) is 0 Å². The Morgan fingerprint density at radius 1 is 1.16 bits per heavy atom. The molecule has 0 spiro atoms. The minimum Gasteiger partial charge on any atom is -0.486 e. The molecule has 1 amide bonds. The molecule has 3 aromatic rings. The van der Waals surface area contributed by atoms with Crippen LogP contribution in [0.25, 0.3) is 5.65 Å². The first-order chi connectivity index (χ1) is 15.2. The van der Waals surface area contributed by atoms with Crippen molar-refractivity contribution < 1.29 is 14.3 Å². The van der Waals surface area contributed by atoms with Crippen molar-refractivity contribution in [3.05, 3.63) is 42.2 Å². The summed E-state index contributed by atoms with van der Waals surface area (Å²) in [6.07, 6.45) is 3.22. The third-order valence-corrected chi connectivity index (χ3v) is 6.02. The van der Waals surface area contributed by atoms with E-state index in [1.807, 2.05) is 42.2 Å². The van der Waals surface area contributed by atoms with Crippen molar-refractivity contribution >= 4 is 17.4 Å². The second-order valence-electron chi connectivity index (χ2n) is 7.88. The zero-order valence-electron chi connectivity index (χ0n) is 17.6. The summed E-state index contributed by atoms with van der Waals surface area (Å²) in [5.41, 5.74) is 1.72. The predicted molar refractivity (Wildman–Crippen MR) is 114 cm³/mol. The van der Waals surface area contributed by atoms with Gasteiger partial charge in [0.15, 0.2) is 17.1 Å². The van der Waals surface area contributed by atoms with Crippen molar-refractivity contribution in [2.45, 2.75) is 26.3 Å². The Morgan fingerprint density at radius 2 is 2.00 bits per heavy atom. The highest BCUT2D eigenvalue weighted by molar-refractivity contribution is 5.79. The summed E-state index contributed by atoms with van der Waals surface area (Å²) in [4.78, 5) is 17.4. The lowest BCUT2D eigenvalue weighted by Gasteiger charge is -2.34. The first kappa shape index (κ1) is 19.6. The van der Waals surface area contributed by atoms with Crippen LogP contribution in [0.2, 0.25) is 0 Å². The molecule has 0 unspecified atom stereocenters. The molecular weight excluding hydrogens is 396 g/mol. The molecule has 0 bridgehead atoms. The van der Waals surface area contributed by atoms with E-state index in [2.05, 4.69) is 20.2 Å². The number of hydrogen-bond acceptors (Lipinski definition) is 7. The van der Waals surface area contributed by atoms with Gasteiger partial charge in [-0.1, -0.05) is 12.1 Å². The lowest BCUT2D eigenvalue weighted by molar-refractivity contribution is -0.136. The van der Waals surface area contributed by atoms with Gasteiger partial charge in [0.05, 0.1) is 0 Å². The number of nitrogens with zero attached hydrogens (tertiary/aromatic N) is 6. The molecule has 0 radical (unpaired) electrons. The largest absolute Gasteiger partial charge is 0.486 e. The van der Waals surface area contributed by atoms with Crippen molar-refractivity contribution in [2.75, 3.05) is 37.7 Å². The van der Waals surface area contributed by atoms with Crippen LogP contribution < -0.4 is 14.4 Å². The second-order valence-corrected chi connectivity index (χ2v) is 7.88. The van der Waals surface area contributed by atoms with Crippen molar-refractivity contribution in [3.8, 4) is 11.5 Å². The molecule has 31 heavy (non-hydrogen) atoms. The number of carbonyl (C=O) groups is 1. The first-order valence-electron chi connectivity index (χ1n) is 10.8. The fourth-order valence-corrected chi connectivity index (χ4v) is 4.31. The maximum absolute atomic E-state index is 13.3. The van der Waals surface area contributed by atoms with Crippen LogP contribution in [-0.4, -0.2) is 63.5 Å². The number of aromatic nitrogens is 4. The van der Waals surface area contributed by atoms with Crippen LogP contribution in [0.4, 0.5) is 5.82 Å². The SMILES string of the molecule is CCN(Cc1cccc2c1OCCO2)C(=O)C1CCN(c2ccc3nncn3n2)CC1. The van der Waals surface area contributed by atoms with Gasteiger partial charge in [0.1, 0.15) is 25.4 Å². The third-order valence-electron chi connectivity index (χ3n) is 6.02. The van der Waals surface area contributed by atoms with Gasteiger partial charge in [-0.05, 0) is 38.0 Å².